The number of aromatic nitrogens is 4. The molecule has 34 heavy (non-hydrogen) atoms. The minimum absolute atomic E-state index is 0.215. The van der Waals surface area contributed by atoms with Gasteiger partial charge in [0.05, 0.1) is 28.5 Å². The molecule has 170 valence electrons. The molecule has 7 heteroatoms. The van der Waals surface area contributed by atoms with Crippen molar-refractivity contribution in [3.8, 4) is 11.4 Å². The highest BCUT2D eigenvalue weighted by molar-refractivity contribution is 6.05. The lowest BCUT2D eigenvalue weighted by atomic mass is 10.2. The average Bonchev–Trinajstić information content (AvgIpc) is 3.38. The lowest BCUT2D eigenvalue weighted by Crippen LogP contribution is -2.13. The molecule has 3 heterocycles. The number of amides is 1. The standard InChI is InChI=1S/C27H25N5O2/c1-18-12-13-25-28-22(16-31(25)15-18)17-34-24-11-7-8-21(14-24)27(33)29-26-19(2)30-32(20(26)3)23-9-5-4-6-10-23/h4-16H,17H2,1-3H3,(H,29,33). The Morgan fingerprint density at radius 3 is 2.62 bits per heavy atom. The number of benzene rings is 2. The molecule has 5 aromatic rings. The third kappa shape index (κ3) is 4.28. The first-order valence-corrected chi connectivity index (χ1v) is 11.1. The van der Waals surface area contributed by atoms with E-state index in [0.717, 1.165) is 34.0 Å². The fourth-order valence-corrected chi connectivity index (χ4v) is 3.94. The van der Waals surface area contributed by atoms with Crippen LogP contribution in [0.25, 0.3) is 11.3 Å². The normalized spacial score (nSPS) is 11.0. The van der Waals surface area contributed by atoms with Crippen LogP contribution in [0.15, 0.2) is 79.1 Å². The molecular weight excluding hydrogens is 426 g/mol. The molecule has 0 aliphatic rings. The minimum atomic E-state index is -0.215. The molecular formula is C27H25N5O2. The van der Waals surface area contributed by atoms with Gasteiger partial charge in [-0.25, -0.2) is 9.67 Å². The zero-order chi connectivity index (χ0) is 23.7. The quantitative estimate of drug-likeness (QED) is 0.381. The first-order valence-electron chi connectivity index (χ1n) is 11.1. The number of nitrogens with zero attached hydrogens (tertiary/aromatic N) is 4. The van der Waals surface area contributed by atoms with E-state index in [4.69, 9.17) is 4.74 Å². The van der Waals surface area contributed by atoms with E-state index in [1.165, 1.54) is 0 Å². The van der Waals surface area contributed by atoms with Crippen LogP contribution < -0.4 is 10.1 Å². The molecule has 3 aromatic heterocycles. The van der Waals surface area contributed by atoms with Gasteiger partial charge in [0.25, 0.3) is 5.91 Å². The largest absolute Gasteiger partial charge is 0.487 e. The van der Waals surface area contributed by atoms with Crippen LogP contribution in [-0.2, 0) is 6.61 Å². The summed E-state index contributed by atoms with van der Waals surface area (Å²) in [6.45, 7) is 6.19. The Kier molecular flexibility index (Phi) is 5.59. The molecule has 0 bridgehead atoms. The Morgan fingerprint density at radius 2 is 1.79 bits per heavy atom. The summed E-state index contributed by atoms with van der Waals surface area (Å²) in [6.07, 6.45) is 3.98. The van der Waals surface area contributed by atoms with Crippen LogP contribution in [0, 0.1) is 20.8 Å². The molecule has 1 amide bonds. The van der Waals surface area contributed by atoms with Gasteiger partial charge in [-0.1, -0.05) is 30.3 Å². The number of imidazole rings is 1. The van der Waals surface area contributed by atoms with Crippen LogP contribution in [0.1, 0.15) is 33.0 Å². The van der Waals surface area contributed by atoms with Gasteiger partial charge in [-0.2, -0.15) is 5.10 Å². The number of para-hydroxylation sites is 1. The predicted octanol–water partition coefficient (Wildman–Crippen LogP) is 5.28. The average molecular weight is 452 g/mol. The molecule has 0 aliphatic carbocycles. The highest BCUT2D eigenvalue weighted by atomic mass is 16.5. The van der Waals surface area contributed by atoms with Crippen molar-refractivity contribution in [2.24, 2.45) is 0 Å². The number of hydrogen-bond acceptors (Lipinski definition) is 4. The number of pyridine rings is 1. The van der Waals surface area contributed by atoms with E-state index in [9.17, 15) is 4.79 Å². The second-order valence-corrected chi connectivity index (χ2v) is 8.27. The summed E-state index contributed by atoms with van der Waals surface area (Å²) in [5.41, 5.74) is 6.64. The van der Waals surface area contributed by atoms with Gasteiger partial charge in [0, 0.05) is 18.0 Å². The van der Waals surface area contributed by atoms with E-state index in [1.54, 1.807) is 12.1 Å². The Bertz CT molecular complexity index is 1480. The number of hydrogen-bond donors (Lipinski definition) is 1. The van der Waals surface area contributed by atoms with Crippen molar-refractivity contribution in [1.29, 1.82) is 0 Å². The topological polar surface area (TPSA) is 73.4 Å². The van der Waals surface area contributed by atoms with E-state index in [1.807, 2.05) is 96.8 Å². The molecule has 0 atom stereocenters. The van der Waals surface area contributed by atoms with E-state index < -0.39 is 0 Å². The molecule has 5 rings (SSSR count). The van der Waals surface area contributed by atoms with Crippen molar-refractivity contribution >= 4 is 17.2 Å². The maximum Gasteiger partial charge on any atom is 0.255 e. The van der Waals surface area contributed by atoms with Crippen molar-refractivity contribution in [2.45, 2.75) is 27.4 Å². The zero-order valence-electron chi connectivity index (χ0n) is 19.3. The van der Waals surface area contributed by atoms with Gasteiger partial charge >= 0.3 is 0 Å². The molecule has 0 saturated carbocycles. The third-order valence-electron chi connectivity index (χ3n) is 5.66. The first-order chi connectivity index (χ1) is 16.5. The Labute approximate surface area is 197 Å². The second kappa shape index (κ2) is 8.86. The van der Waals surface area contributed by atoms with Gasteiger partial charge in [-0.05, 0) is 62.7 Å². The summed E-state index contributed by atoms with van der Waals surface area (Å²) in [7, 11) is 0. The van der Waals surface area contributed by atoms with E-state index >= 15 is 0 Å². The van der Waals surface area contributed by atoms with E-state index in [0.29, 0.717) is 23.6 Å². The van der Waals surface area contributed by atoms with Gasteiger partial charge in [-0.15, -0.1) is 0 Å². The van der Waals surface area contributed by atoms with Crippen molar-refractivity contribution in [3.05, 3.63) is 107 Å². The van der Waals surface area contributed by atoms with Crippen molar-refractivity contribution in [1.82, 2.24) is 19.2 Å². The Balaban J connectivity index is 1.30. The fourth-order valence-electron chi connectivity index (χ4n) is 3.94. The van der Waals surface area contributed by atoms with Gasteiger partial charge in [-0.3, -0.25) is 4.79 Å². The van der Waals surface area contributed by atoms with Crippen LogP contribution >= 0.6 is 0 Å². The third-order valence-corrected chi connectivity index (χ3v) is 5.66. The monoisotopic (exact) mass is 451 g/mol. The number of carbonyl (C=O) groups excluding carboxylic acids is 1. The van der Waals surface area contributed by atoms with E-state index in [-0.39, 0.29) is 5.91 Å². The number of rotatable bonds is 6. The summed E-state index contributed by atoms with van der Waals surface area (Å²) in [5, 5.41) is 7.61. The highest BCUT2D eigenvalue weighted by Crippen LogP contribution is 2.24. The van der Waals surface area contributed by atoms with Crippen LogP contribution in [0.5, 0.6) is 5.75 Å². The van der Waals surface area contributed by atoms with Gasteiger partial charge < -0.3 is 14.5 Å². The summed E-state index contributed by atoms with van der Waals surface area (Å²) in [5.74, 6) is 0.391. The van der Waals surface area contributed by atoms with Crippen LogP contribution in [0.2, 0.25) is 0 Å². The molecule has 0 unspecified atom stereocenters. The van der Waals surface area contributed by atoms with Gasteiger partial charge in [0.2, 0.25) is 0 Å². The highest BCUT2D eigenvalue weighted by Gasteiger charge is 2.16. The number of carbonyl (C=O) groups is 1. The van der Waals surface area contributed by atoms with Crippen molar-refractivity contribution in [2.75, 3.05) is 5.32 Å². The SMILES string of the molecule is Cc1ccc2nc(COc3cccc(C(=O)Nc4c(C)nn(-c5ccccc5)c4C)c3)cn2c1. The molecule has 0 aliphatic heterocycles. The second-order valence-electron chi connectivity index (χ2n) is 8.27. The van der Waals surface area contributed by atoms with Crippen LogP contribution in [0.3, 0.4) is 0 Å². The first kappa shape index (κ1) is 21.5. The van der Waals surface area contributed by atoms with Crippen LogP contribution in [0.4, 0.5) is 5.69 Å². The number of ether oxygens (including phenoxy) is 1. The van der Waals surface area contributed by atoms with Crippen LogP contribution in [-0.4, -0.2) is 25.1 Å². The number of fused-ring (bicyclic) bond motifs is 1. The molecule has 0 fully saturated rings. The van der Waals surface area contributed by atoms with Crippen molar-refractivity contribution < 1.29 is 9.53 Å². The minimum Gasteiger partial charge on any atom is -0.487 e. The van der Waals surface area contributed by atoms with Crippen molar-refractivity contribution in [3.63, 3.8) is 0 Å². The maximum atomic E-state index is 13.0. The molecule has 0 spiro atoms. The zero-order valence-corrected chi connectivity index (χ0v) is 19.3. The number of anilines is 1. The lowest BCUT2D eigenvalue weighted by molar-refractivity contribution is 0.102. The van der Waals surface area contributed by atoms with Gasteiger partial charge in [0.15, 0.2) is 0 Å². The summed E-state index contributed by atoms with van der Waals surface area (Å²) < 4.78 is 9.75. The number of nitrogens with one attached hydrogen (secondary N) is 1. The molecule has 2 aromatic carbocycles. The maximum absolute atomic E-state index is 13.0. The predicted molar refractivity (Wildman–Crippen MR) is 132 cm³/mol. The number of aryl methyl sites for hydroxylation is 2. The fraction of sp³-hybridized carbons (Fsp3) is 0.148. The molecule has 0 saturated heterocycles. The van der Waals surface area contributed by atoms with E-state index in [2.05, 4.69) is 15.4 Å². The summed E-state index contributed by atoms with van der Waals surface area (Å²) in [6, 6.07) is 21.0. The summed E-state index contributed by atoms with van der Waals surface area (Å²) >= 11 is 0. The smallest absolute Gasteiger partial charge is 0.255 e. The molecule has 0 radical (unpaired) electrons. The molecule has 7 nitrogen and oxygen atoms in total. The van der Waals surface area contributed by atoms with Gasteiger partial charge in [0.1, 0.15) is 18.0 Å². The summed E-state index contributed by atoms with van der Waals surface area (Å²) in [4.78, 5) is 17.6. The Morgan fingerprint density at radius 1 is 0.971 bits per heavy atom. The molecule has 1 N–H and O–H groups in total. The Hall–Kier alpha value is -4.39. The lowest BCUT2D eigenvalue weighted by Gasteiger charge is -2.09.